The molecule has 138 valence electrons. The van der Waals surface area contributed by atoms with Crippen molar-refractivity contribution in [1.29, 1.82) is 0 Å². The van der Waals surface area contributed by atoms with E-state index in [1.54, 1.807) is 13.3 Å². The van der Waals surface area contributed by atoms with Crippen LogP contribution in [0, 0.1) is 0 Å². The summed E-state index contributed by atoms with van der Waals surface area (Å²) in [6.07, 6.45) is 1.62. The second-order valence-corrected chi connectivity index (χ2v) is 6.26. The molecule has 0 fully saturated rings. The van der Waals surface area contributed by atoms with E-state index in [0.717, 1.165) is 33.3 Å². The van der Waals surface area contributed by atoms with E-state index in [4.69, 9.17) is 4.74 Å². The summed E-state index contributed by atoms with van der Waals surface area (Å²) in [7, 11) is 1.63. The van der Waals surface area contributed by atoms with Gasteiger partial charge in [-0.3, -0.25) is 4.79 Å². The number of hydrogen-bond donors (Lipinski definition) is 2. The molecule has 1 aromatic heterocycles. The summed E-state index contributed by atoms with van der Waals surface area (Å²) in [6.45, 7) is 0. The van der Waals surface area contributed by atoms with Crippen LogP contribution in [-0.4, -0.2) is 24.2 Å². The Morgan fingerprint density at radius 3 is 2.43 bits per heavy atom. The van der Waals surface area contributed by atoms with Crippen molar-refractivity contribution in [2.75, 3.05) is 7.11 Å². The molecule has 5 heteroatoms. The summed E-state index contributed by atoms with van der Waals surface area (Å²) in [4.78, 5) is 16.1. The number of amides is 1. The molecule has 4 aromatic rings. The number of fused-ring (bicyclic) bond motifs is 1. The normalized spacial score (nSPS) is 11.0. The van der Waals surface area contributed by atoms with Crippen molar-refractivity contribution in [3.8, 4) is 16.9 Å². The molecule has 2 N–H and O–H groups in total. The Morgan fingerprint density at radius 1 is 1.00 bits per heavy atom. The van der Waals surface area contributed by atoms with Crippen molar-refractivity contribution < 1.29 is 9.53 Å². The monoisotopic (exact) mass is 369 g/mol. The van der Waals surface area contributed by atoms with Crippen LogP contribution in [0.25, 0.3) is 22.0 Å². The number of aromatic amines is 1. The minimum absolute atomic E-state index is 0.304. The maximum absolute atomic E-state index is 12.9. The lowest BCUT2D eigenvalue weighted by Gasteiger charge is -2.05. The van der Waals surface area contributed by atoms with Crippen molar-refractivity contribution in [3.63, 3.8) is 0 Å². The average molecular weight is 369 g/mol. The van der Waals surface area contributed by atoms with Gasteiger partial charge in [0, 0.05) is 16.5 Å². The third kappa shape index (κ3) is 3.50. The summed E-state index contributed by atoms with van der Waals surface area (Å²) >= 11 is 0. The van der Waals surface area contributed by atoms with Crippen LogP contribution in [0.3, 0.4) is 0 Å². The molecule has 0 bridgehead atoms. The highest BCUT2D eigenvalue weighted by Gasteiger charge is 2.19. The zero-order valence-corrected chi connectivity index (χ0v) is 15.3. The van der Waals surface area contributed by atoms with Crippen molar-refractivity contribution in [3.05, 3.63) is 90.1 Å². The van der Waals surface area contributed by atoms with Crippen LogP contribution < -0.4 is 10.2 Å². The number of carbonyl (C=O) groups is 1. The first-order chi connectivity index (χ1) is 13.8. The molecule has 28 heavy (non-hydrogen) atoms. The van der Waals surface area contributed by atoms with Gasteiger partial charge in [-0.15, -0.1) is 0 Å². The van der Waals surface area contributed by atoms with Gasteiger partial charge in [0.2, 0.25) is 0 Å². The number of benzene rings is 3. The maximum atomic E-state index is 12.9. The largest absolute Gasteiger partial charge is 0.497 e. The first-order valence-corrected chi connectivity index (χ1v) is 8.90. The van der Waals surface area contributed by atoms with Gasteiger partial charge in [-0.1, -0.05) is 60.7 Å². The van der Waals surface area contributed by atoms with Crippen LogP contribution >= 0.6 is 0 Å². The number of rotatable bonds is 5. The van der Waals surface area contributed by atoms with Gasteiger partial charge in [0.25, 0.3) is 5.91 Å². The number of aromatic nitrogens is 1. The standard InChI is InChI=1S/C23H19N3O2/c1-28-18-12-13-20-19(14-18)21(17-10-6-3-7-11-17)22(25-20)23(27)26-24-15-16-8-4-2-5-9-16/h2-15,25H,1H3,(H,26,27)/b24-15-. The average Bonchev–Trinajstić information content (AvgIpc) is 3.13. The fourth-order valence-corrected chi connectivity index (χ4v) is 3.13. The molecule has 0 saturated heterocycles. The molecule has 1 amide bonds. The van der Waals surface area contributed by atoms with Crippen molar-refractivity contribution in [2.24, 2.45) is 5.10 Å². The van der Waals surface area contributed by atoms with E-state index in [0.29, 0.717) is 5.69 Å². The molecule has 0 spiro atoms. The lowest BCUT2D eigenvalue weighted by Crippen LogP contribution is -2.18. The first-order valence-electron chi connectivity index (χ1n) is 8.90. The lowest BCUT2D eigenvalue weighted by atomic mass is 10.0. The third-order valence-electron chi connectivity index (χ3n) is 4.47. The van der Waals surface area contributed by atoms with E-state index in [9.17, 15) is 4.79 Å². The topological polar surface area (TPSA) is 66.5 Å². The van der Waals surface area contributed by atoms with Gasteiger partial charge in [-0.05, 0) is 29.3 Å². The minimum atomic E-state index is -0.304. The molecular weight excluding hydrogens is 350 g/mol. The van der Waals surface area contributed by atoms with E-state index in [1.165, 1.54) is 0 Å². The van der Waals surface area contributed by atoms with Gasteiger partial charge < -0.3 is 9.72 Å². The SMILES string of the molecule is COc1ccc2[nH]c(C(=O)N/N=C\c3ccccc3)c(-c3ccccc3)c2c1. The Kier molecular flexibility index (Phi) is 4.89. The predicted octanol–water partition coefficient (Wildman–Crippen LogP) is 4.61. The van der Waals surface area contributed by atoms with Gasteiger partial charge in [0.1, 0.15) is 11.4 Å². The van der Waals surface area contributed by atoms with Gasteiger partial charge in [-0.2, -0.15) is 5.10 Å². The maximum Gasteiger partial charge on any atom is 0.288 e. The number of nitrogens with zero attached hydrogens (tertiary/aromatic N) is 1. The highest BCUT2D eigenvalue weighted by atomic mass is 16.5. The van der Waals surface area contributed by atoms with E-state index in [1.807, 2.05) is 78.9 Å². The van der Waals surface area contributed by atoms with E-state index >= 15 is 0 Å². The Bertz CT molecular complexity index is 1130. The fraction of sp³-hybridized carbons (Fsp3) is 0.0435. The summed E-state index contributed by atoms with van der Waals surface area (Å²) in [6, 6.07) is 25.1. The first kappa shape index (κ1) is 17.5. The van der Waals surface area contributed by atoms with Gasteiger partial charge in [0.15, 0.2) is 0 Å². The van der Waals surface area contributed by atoms with Crippen molar-refractivity contribution in [1.82, 2.24) is 10.4 Å². The zero-order chi connectivity index (χ0) is 19.3. The molecule has 0 aliphatic heterocycles. The molecule has 5 nitrogen and oxygen atoms in total. The molecule has 3 aromatic carbocycles. The number of hydrogen-bond acceptors (Lipinski definition) is 3. The lowest BCUT2D eigenvalue weighted by molar-refractivity contribution is 0.0951. The molecule has 4 rings (SSSR count). The van der Waals surface area contributed by atoms with Crippen LogP contribution in [0.15, 0.2) is 84.0 Å². The second kappa shape index (κ2) is 7.80. The minimum Gasteiger partial charge on any atom is -0.497 e. The van der Waals surface area contributed by atoms with E-state index < -0.39 is 0 Å². The molecule has 0 aliphatic carbocycles. The second-order valence-electron chi connectivity index (χ2n) is 6.26. The van der Waals surface area contributed by atoms with Crippen LogP contribution in [0.4, 0.5) is 0 Å². The highest BCUT2D eigenvalue weighted by molar-refractivity contribution is 6.10. The summed E-state index contributed by atoms with van der Waals surface area (Å²) in [5.74, 6) is 0.430. The van der Waals surface area contributed by atoms with E-state index in [-0.39, 0.29) is 5.91 Å². The highest BCUT2D eigenvalue weighted by Crippen LogP contribution is 2.34. The molecule has 0 aliphatic rings. The van der Waals surface area contributed by atoms with Crippen molar-refractivity contribution in [2.45, 2.75) is 0 Å². The zero-order valence-electron chi connectivity index (χ0n) is 15.3. The molecular formula is C23H19N3O2. The number of ether oxygens (including phenoxy) is 1. The molecule has 0 radical (unpaired) electrons. The van der Waals surface area contributed by atoms with Gasteiger partial charge in [-0.25, -0.2) is 5.43 Å². The Morgan fingerprint density at radius 2 is 1.71 bits per heavy atom. The summed E-state index contributed by atoms with van der Waals surface area (Å²) < 4.78 is 5.36. The number of hydrazone groups is 1. The van der Waals surface area contributed by atoms with Crippen LogP contribution in [0.5, 0.6) is 5.75 Å². The molecule has 0 atom stereocenters. The number of methoxy groups -OCH3 is 1. The van der Waals surface area contributed by atoms with Crippen LogP contribution in [-0.2, 0) is 0 Å². The quantitative estimate of drug-likeness (QED) is 0.399. The molecule has 1 heterocycles. The molecule has 0 unspecified atom stereocenters. The number of carbonyl (C=O) groups excluding carboxylic acids is 1. The fourth-order valence-electron chi connectivity index (χ4n) is 3.13. The van der Waals surface area contributed by atoms with Gasteiger partial charge in [0.05, 0.1) is 13.3 Å². The predicted molar refractivity (Wildman–Crippen MR) is 112 cm³/mol. The Balaban J connectivity index is 1.73. The summed E-state index contributed by atoms with van der Waals surface area (Å²) in [5, 5.41) is 5.01. The number of H-pyrrole nitrogens is 1. The molecule has 0 saturated carbocycles. The van der Waals surface area contributed by atoms with Crippen LogP contribution in [0.2, 0.25) is 0 Å². The Labute approximate surface area is 162 Å². The van der Waals surface area contributed by atoms with Gasteiger partial charge >= 0.3 is 0 Å². The number of nitrogens with one attached hydrogen (secondary N) is 2. The van der Waals surface area contributed by atoms with Crippen LogP contribution in [0.1, 0.15) is 16.1 Å². The van der Waals surface area contributed by atoms with Crippen molar-refractivity contribution >= 4 is 23.0 Å². The van der Waals surface area contributed by atoms with E-state index in [2.05, 4.69) is 15.5 Å². The smallest absolute Gasteiger partial charge is 0.288 e. The summed E-state index contributed by atoms with van der Waals surface area (Å²) in [5.41, 5.74) is 6.61. The Hall–Kier alpha value is -3.86. The third-order valence-corrected chi connectivity index (χ3v) is 4.47.